The number of hydrogen-bond acceptors (Lipinski definition) is 3. The van der Waals surface area contributed by atoms with E-state index in [0.717, 1.165) is 12.8 Å². The van der Waals surface area contributed by atoms with E-state index < -0.39 is 11.8 Å². The summed E-state index contributed by atoms with van der Waals surface area (Å²) in [5.74, 6) is -0.564. The quantitative estimate of drug-likeness (QED) is 0.310. The summed E-state index contributed by atoms with van der Waals surface area (Å²) in [6.45, 7) is 6.76. The molecule has 1 aromatic rings. The molecule has 0 saturated heterocycles. The van der Waals surface area contributed by atoms with Gasteiger partial charge in [0.15, 0.2) is 0 Å². The van der Waals surface area contributed by atoms with E-state index in [-0.39, 0.29) is 0 Å². The lowest BCUT2D eigenvalue weighted by atomic mass is 10.1. The molecular weight excluding hydrogens is 328 g/mol. The van der Waals surface area contributed by atoms with E-state index >= 15 is 0 Å². The van der Waals surface area contributed by atoms with Crippen LogP contribution in [0.2, 0.25) is 0 Å². The first-order valence-corrected chi connectivity index (χ1v) is 9.60. The fourth-order valence-corrected chi connectivity index (χ4v) is 2.52. The van der Waals surface area contributed by atoms with E-state index in [9.17, 15) is 9.59 Å². The van der Waals surface area contributed by atoms with Crippen molar-refractivity contribution in [1.29, 1.82) is 0 Å². The lowest BCUT2D eigenvalue weighted by molar-refractivity contribution is -0.136. The molecule has 144 valence electrons. The Balaban J connectivity index is 2.14. The standard InChI is InChI=1S/C21H32N2O3/c1-3-5-6-7-8-9-10-11-16-22-20(24)21(25)23-18-12-14-19(15-13-18)26-17-4-2/h4,12-15H,2-3,5-11,16-17H2,1H3,(H,22,24)(H,23,25). The van der Waals surface area contributed by atoms with Gasteiger partial charge in [-0.2, -0.15) is 0 Å². The zero-order valence-electron chi connectivity index (χ0n) is 15.9. The summed E-state index contributed by atoms with van der Waals surface area (Å²) < 4.78 is 5.37. The Labute approximate surface area is 157 Å². The van der Waals surface area contributed by atoms with Crippen LogP contribution in [0.15, 0.2) is 36.9 Å². The van der Waals surface area contributed by atoms with Crippen LogP contribution in [0.25, 0.3) is 0 Å². The van der Waals surface area contributed by atoms with Crippen LogP contribution in [0.5, 0.6) is 5.75 Å². The highest BCUT2D eigenvalue weighted by molar-refractivity contribution is 6.39. The molecule has 0 heterocycles. The van der Waals surface area contributed by atoms with Gasteiger partial charge in [0, 0.05) is 12.2 Å². The maximum Gasteiger partial charge on any atom is 0.313 e. The van der Waals surface area contributed by atoms with E-state index in [1.807, 2.05) is 0 Å². The van der Waals surface area contributed by atoms with E-state index in [2.05, 4.69) is 24.1 Å². The van der Waals surface area contributed by atoms with Gasteiger partial charge in [-0.1, -0.05) is 64.5 Å². The van der Waals surface area contributed by atoms with Gasteiger partial charge in [-0.15, -0.1) is 0 Å². The fourth-order valence-electron chi connectivity index (χ4n) is 2.52. The lowest BCUT2D eigenvalue weighted by Gasteiger charge is -2.08. The third-order valence-electron chi connectivity index (χ3n) is 4.00. The Bertz CT molecular complexity index is 541. The summed E-state index contributed by atoms with van der Waals surface area (Å²) in [6.07, 6.45) is 11.3. The Kier molecular flexibility index (Phi) is 11.6. The highest BCUT2D eigenvalue weighted by atomic mass is 16.5. The van der Waals surface area contributed by atoms with Crippen molar-refractivity contribution in [3.05, 3.63) is 36.9 Å². The zero-order valence-corrected chi connectivity index (χ0v) is 15.9. The minimum atomic E-state index is -0.649. The lowest BCUT2D eigenvalue weighted by Crippen LogP contribution is -2.35. The largest absolute Gasteiger partial charge is 0.490 e. The molecule has 0 aliphatic rings. The Morgan fingerprint density at radius 3 is 2.19 bits per heavy atom. The predicted molar refractivity (Wildman–Crippen MR) is 106 cm³/mol. The maximum atomic E-state index is 11.9. The molecule has 0 bridgehead atoms. The molecule has 5 heteroatoms. The van der Waals surface area contributed by atoms with Crippen molar-refractivity contribution in [2.75, 3.05) is 18.5 Å². The Morgan fingerprint density at radius 2 is 1.58 bits per heavy atom. The van der Waals surface area contributed by atoms with Crippen molar-refractivity contribution in [3.63, 3.8) is 0 Å². The molecule has 0 aromatic heterocycles. The Hall–Kier alpha value is -2.30. The van der Waals surface area contributed by atoms with Gasteiger partial charge < -0.3 is 15.4 Å². The van der Waals surface area contributed by atoms with Crippen LogP contribution in [-0.2, 0) is 9.59 Å². The SMILES string of the molecule is C=CCOc1ccc(NC(=O)C(=O)NCCCCCCCCCC)cc1. The second-order valence-corrected chi connectivity index (χ2v) is 6.31. The monoisotopic (exact) mass is 360 g/mol. The zero-order chi connectivity index (χ0) is 19.0. The van der Waals surface area contributed by atoms with Crippen LogP contribution >= 0.6 is 0 Å². The number of hydrogen-bond donors (Lipinski definition) is 2. The van der Waals surface area contributed by atoms with E-state index in [1.54, 1.807) is 30.3 Å². The van der Waals surface area contributed by atoms with Crippen molar-refractivity contribution in [1.82, 2.24) is 5.32 Å². The van der Waals surface area contributed by atoms with Gasteiger partial charge in [-0.25, -0.2) is 0 Å². The average Bonchev–Trinajstić information content (AvgIpc) is 2.66. The summed E-state index contributed by atoms with van der Waals surface area (Å²) in [6, 6.07) is 6.86. The van der Waals surface area contributed by atoms with E-state index in [4.69, 9.17) is 4.74 Å². The normalized spacial score (nSPS) is 10.2. The maximum absolute atomic E-state index is 11.9. The minimum absolute atomic E-state index is 0.423. The van der Waals surface area contributed by atoms with Crippen LogP contribution < -0.4 is 15.4 Å². The van der Waals surface area contributed by atoms with Crippen molar-refractivity contribution < 1.29 is 14.3 Å². The Morgan fingerprint density at radius 1 is 0.962 bits per heavy atom. The van der Waals surface area contributed by atoms with Gasteiger partial charge in [-0.05, 0) is 30.7 Å². The molecule has 1 rings (SSSR count). The topological polar surface area (TPSA) is 67.4 Å². The summed E-state index contributed by atoms with van der Waals surface area (Å²) in [7, 11) is 0. The summed E-state index contributed by atoms with van der Waals surface area (Å²) in [5, 5.41) is 5.25. The first-order valence-electron chi connectivity index (χ1n) is 9.60. The minimum Gasteiger partial charge on any atom is -0.490 e. The molecule has 0 atom stereocenters. The molecule has 2 amide bonds. The van der Waals surface area contributed by atoms with E-state index in [1.165, 1.54) is 38.5 Å². The average molecular weight is 360 g/mol. The van der Waals surface area contributed by atoms with Gasteiger partial charge in [-0.3, -0.25) is 9.59 Å². The number of carbonyl (C=O) groups excluding carboxylic acids is 2. The number of rotatable bonds is 13. The molecule has 0 saturated carbocycles. The van der Waals surface area contributed by atoms with Crippen LogP contribution in [0.3, 0.4) is 0 Å². The van der Waals surface area contributed by atoms with E-state index in [0.29, 0.717) is 24.6 Å². The highest BCUT2D eigenvalue weighted by Gasteiger charge is 2.12. The number of nitrogens with one attached hydrogen (secondary N) is 2. The van der Waals surface area contributed by atoms with Gasteiger partial charge in [0.25, 0.3) is 0 Å². The molecule has 1 aromatic carbocycles. The molecule has 0 unspecified atom stereocenters. The third kappa shape index (κ3) is 9.87. The molecule has 0 aliphatic heterocycles. The number of unbranched alkanes of at least 4 members (excludes halogenated alkanes) is 7. The fraction of sp³-hybridized carbons (Fsp3) is 0.524. The number of ether oxygens (including phenoxy) is 1. The molecule has 0 fully saturated rings. The van der Waals surface area contributed by atoms with Crippen molar-refractivity contribution in [2.45, 2.75) is 58.3 Å². The molecular formula is C21H32N2O3. The smallest absolute Gasteiger partial charge is 0.313 e. The predicted octanol–water partition coefficient (Wildman–Crippen LogP) is 4.45. The second kappa shape index (κ2) is 13.9. The molecule has 2 N–H and O–H groups in total. The molecule has 0 spiro atoms. The summed E-state index contributed by atoms with van der Waals surface area (Å²) in [4.78, 5) is 23.7. The third-order valence-corrected chi connectivity index (χ3v) is 4.00. The van der Waals surface area contributed by atoms with Crippen LogP contribution in [-0.4, -0.2) is 25.0 Å². The van der Waals surface area contributed by atoms with Crippen LogP contribution in [0.4, 0.5) is 5.69 Å². The first-order chi connectivity index (χ1) is 12.7. The second-order valence-electron chi connectivity index (χ2n) is 6.31. The van der Waals surface area contributed by atoms with Gasteiger partial charge in [0.1, 0.15) is 12.4 Å². The van der Waals surface area contributed by atoms with Crippen LogP contribution in [0.1, 0.15) is 58.3 Å². The van der Waals surface area contributed by atoms with Gasteiger partial charge >= 0.3 is 11.8 Å². The summed E-state index contributed by atoms with van der Waals surface area (Å²) >= 11 is 0. The van der Waals surface area contributed by atoms with Crippen molar-refractivity contribution >= 4 is 17.5 Å². The molecule has 26 heavy (non-hydrogen) atoms. The molecule has 0 aliphatic carbocycles. The number of anilines is 1. The van der Waals surface area contributed by atoms with Crippen molar-refractivity contribution in [2.24, 2.45) is 0 Å². The van der Waals surface area contributed by atoms with Gasteiger partial charge in [0.2, 0.25) is 0 Å². The molecule has 5 nitrogen and oxygen atoms in total. The number of carbonyl (C=O) groups is 2. The number of benzene rings is 1. The van der Waals surface area contributed by atoms with Gasteiger partial charge in [0.05, 0.1) is 0 Å². The molecule has 0 radical (unpaired) electrons. The first kappa shape index (κ1) is 21.7. The summed E-state index contributed by atoms with van der Waals surface area (Å²) in [5.41, 5.74) is 0.559. The highest BCUT2D eigenvalue weighted by Crippen LogP contribution is 2.15. The van der Waals surface area contributed by atoms with Crippen LogP contribution in [0, 0.1) is 0 Å². The van der Waals surface area contributed by atoms with Crippen molar-refractivity contribution in [3.8, 4) is 5.75 Å². The number of amides is 2.